The molecule has 0 aliphatic heterocycles. The maximum atomic E-state index is 5.99. The lowest BCUT2D eigenvalue weighted by molar-refractivity contribution is 0.358. The van der Waals surface area contributed by atoms with E-state index in [4.69, 9.17) is 5.73 Å². The van der Waals surface area contributed by atoms with Crippen LogP contribution in [0.15, 0.2) is 0 Å². The van der Waals surface area contributed by atoms with Gasteiger partial charge in [0.1, 0.15) is 17.5 Å². The molecule has 1 heterocycles. The molecule has 1 fully saturated rings. The lowest BCUT2D eigenvalue weighted by Crippen LogP contribution is -2.27. The first kappa shape index (κ1) is 14.1. The molecule has 2 unspecified atom stereocenters. The van der Waals surface area contributed by atoms with E-state index in [0.29, 0.717) is 11.9 Å². The number of nitrogen functional groups attached to an aromatic ring is 1. The van der Waals surface area contributed by atoms with Gasteiger partial charge in [0.15, 0.2) is 0 Å². The quantitative estimate of drug-likeness (QED) is 0.873. The summed E-state index contributed by atoms with van der Waals surface area (Å²) in [5.41, 5.74) is 6.98. The lowest BCUT2D eigenvalue weighted by atomic mass is 9.87. The number of hydrogen-bond acceptors (Lipinski definition) is 4. The SMILES string of the molecule is CCCc1nc(N)c(C)c(NC2CCCC(C)C2)n1. The highest BCUT2D eigenvalue weighted by Crippen LogP contribution is 2.27. The minimum absolute atomic E-state index is 0.534. The summed E-state index contributed by atoms with van der Waals surface area (Å²) in [6.45, 7) is 6.46. The molecule has 4 heteroatoms. The van der Waals surface area contributed by atoms with Gasteiger partial charge in [-0.25, -0.2) is 9.97 Å². The first-order valence-electron chi connectivity index (χ1n) is 7.49. The second kappa shape index (κ2) is 6.22. The van der Waals surface area contributed by atoms with Crippen LogP contribution in [0.5, 0.6) is 0 Å². The summed E-state index contributed by atoms with van der Waals surface area (Å²) < 4.78 is 0. The molecule has 1 aromatic heterocycles. The monoisotopic (exact) mass is 262 g/mol. The summed E-state index contributed by atoms with van der Waals surface area (Å²) in [7, 11) is 0. The third kappa shape index (κ3) is 3.58. The van der Waals surface area contributed by atoms with Gasteiger partial charge in [-0.1, -0.05) is 26.7 Å². The summed E-state index contributed by atoms with van der Waals surface area (Å²) in [6, 6.07) is 0.534. The number of nitrogens with two attached hydrogens (primary N) is 1. The van der Waals surface area contributed by atoms with Crippen LogP contribution in [0, 0.1) is 12.8 Å². The van der Waals surface area contributed by atoms with Crippen molar-refractivity contribution < 1.29 is 0 Å². The maximum Gasteiger partial charge on any atom is 0.134 e. The van der Waals surface area contributed by atoms with Crippen molar-refractivity contribution in [1.82, 2.24) is 9.97 Å². The molecule has 19 heavy (non-hydrogen) atoms. The highest BCUT2D eigenvalue weighted by atomic mass is 15.1. The minimum atomic E-state index is 0.534. The van der Waals surface area contributed by atoms with Gasteiger partial charge in [-0.2, -0.15) is 0 Å². The molecule has 0 bridgehead atoms. The van der Waals surface area contributed by atoms with Crippen molar-refractivity contribution in [2.24, 2.45) is 5.92 Å². The predicted molar refractivity (Wildman–Crippen MR) is 80.2 cm³/mol. The van der Waals surface area contributed by atoms with E-state index in [1.165, 1.54) is 25.7 Å². The molecule has 2 atom stereocenters. The number of nitrogens with one attached hydrogen (secondary N) is 1. The Labute approximate surface area is 116 Å². The Kier molecular flexibility index (Phi) is 4.61. The van der Waals surface area contributed by atoms with Gasteiger partial charge in [0.2, 0.25) is 0 Å². The Bertz CT molecular complexity index is 430. The van der Waals surface area contributed by atoms with Crippen molar-refractivity contribution in [2.45, 2.75) is 65.3 Å². The number of hydrogen-bond donors (Lipinski definition) is 2. The molecule has 0 amide bonds. The molecule has 1 aromatic rings. The van der Waals surface area contributed by atoms with Gasteiger partial charge in [-0.3, -0.25) is 0 Å². The zero-order valence-electron chi connectivity index (χ0n) is 12.4. The number of aryl methyl sites for hydroxylation is 1. The number of nitrogens with zero attached hydrogens (tertiary/aromatic N) is 2. The fourth-order valence-corrected chi connectivity index (χ4v) is 2.82. The Morgan fingerprint density at radius 1 is 1.32 bits per heavy atom. The second-order valence-corrected chi connectivity index (χ2v) is 5.86. The van der Waals surface area contributed by atoms with E-state index < -0.39 is 0 Å². The summed E-state index contributed by atoms with van der Waals surface area (Å²) in [5, 5.41) is 3.59. The maximum absolute atomic E-state index is 5.99. The Morgan fingerprint density at radius 3 is 2.79 bits per heavy atom. The highest BCUT2D eigenvalue weighted by molar-refractivity contribution is 5.55. The number of anilines is 2. The van der Waals surface area contributed by atoms with Crippen LogP contribution in [0.3, 0.4) is 0 Å². The van der Waals surface area contributed by atoms with E-state index in [2.05, 4.69) is 29.1 Å². The van der Waals surface area contributed by atoms with Crippen molar-refractivity contribution in [3.05, 3.63) is 11.4 Å². The molecular weight excluding hydrogens is 236 g/mol. The zero-order valence-corrected chi connectivity index (χ0v) is 12.4. The topological polar surface area (TPSA) is 63.8 Å². The molecule has 4 nitrogen and oxygen atoms in total. The second-order valence-electron chi connectivity index (χ2n) is 5.86. The average molecular weight is 262 g/mol. The minimum Gasteiger partial charge on any atom is -0.383 e. The summed E-state index contributed by atoms with van der Waals surface area (Å²) in [5.74, 6) is 3.22. The van der Waals surface area contributed by atoms with E-state index in [9.17, 15) is 0 Å². The standard InChI is InChI=1S/C15H26N4/c1-4-6-13-18-14(16)11(3)15(19-13)17-12-8-5-7-10(2)9-12/h10,12H,4-9H2,1-3H3,(H3,16,17,18,19). The number of aromatic nitrogens is 2. The van der Waals surface area contributed by atoms with Gasteiger partial charge < -0.3 is 11.1 Å². The lowest BCUT2D eigenvalue weighted by Gasteiger charge is -2.28. The van der Waals surface area contributed by atoms with Gasteiger partial charge in [0, 0.05) is 18.0 Å². The zero-order chi connectivity index (χ0) is 13.8. The van der Waals surface area contributed by atoms with E-state index in [-0.39, 0.29) is 0 Å². The predicted octanol–water partition coefficient (Wildman–Crippen LogP) is 3.31. The first-order valence-corrected chi connectivity index (χ1v) is 7.49. The van der Waals surface area contributed by atoms with Gasteiger partial charge in [0.25, 0.3) is 0 Å². The smallest absolute Gasteiger partial charge is 0.134 e. The van der Waals surface area contributed by atoms with Gasteiger partial charge in [-0.15, -0.1) is 0 Å². The molecule has 1 saturated carbocycles. The van der Waals surface area contributed by atoms with Crippen LogP contribution in [0.25, 0.3) is 0 Å². The fraction of sp³-hybridized carbons (Fsp3) is 0.733. The van der Waals surface area contributed by atoms with Crippen LogP contribution in [0.4, 0.5) is 11.6 Å². The van der Waals surface area contributed by atoms with Crippen LogP contribution < -0.4 is 11.1 Å². The average Bonchev–Trinajstić information content (AvgIpc) is 2.36. The number of rotatable bonds is 4. The van der Waals surface area contributed by atoms with E-state index in [1.54, 1.807) is 0 Å². The largest absolute Gasteiger partial charge is 0.383 e. The van der Waals surface area contributed by atoms with Crippen LogP contribution in [-0.2, 0) is 6.42 Å². The molecular formula is C15H26N4. The first-order chi connectivity index (χ1) is 9.10. The molecule has 1 aliphatic rings. The van der Waals surface area contributed by atoms with E-state index >= 15 is 0 Å². The Hall–Kier alpha value is -1.32. The van der Waals surface area contributed by atoms with Crippen LogP contribution in [0.2, 0.25) is 0 Å². The summed E-state index contributed by atoms with van der Waals surface area (Å²) >= 11 is 0. The van der Waals surface area contributed by atoms with Crippen molar-refractivity contribution in [1.29, 1.82) is 0 Å². The molecule has 106 valence electrons. The van der Waals surface area contributed by atoms with Gasteiger partial charge in [-0.05, 0) is 32.1 Å². The fourth-order valence-electron chi connectivity index (χ4n) is 2.82. The molecule has 2 rings (SSSR count). The van der Waals surface area contributed by atoms with E-state index in [1.807, 2.05) is 6.92 Å². The molecule has 0 spiro atoms. The van der Waals surface area contributed by atoms with Crippen LogP contribution in [-0.4, -0.2) is 16.0 Å². The molecule has 0 aromatic carbocycles. The molecule has 0 saturated heterocycles. The van der Waals surface area contributed by atoms with Crippen LogP contribution >= 0.6 is 0 Å². The summed E-state index contributed by atoms with van der Waals surface area (Å²) in [4.78, 5) is 9.00. The Balaban J connectivity index is 2.14. The third-order valence-electron chi connectivity index (χ3n) is 3.98. The molecule has 0 radical (unpaired) electrons. The van der Waals surface area contributed by atoms with Crippen molar-refractivity contribution in [3.8, 4) is 0 Å². The van der Waals surface area contributed by atoms with Crippen molar-refractivity contribution in [3.63, 3.8) is 0 Å². The van der Waals surface area contributed by atoms with Crippen molar-refractivity contribution >= 4 is 11.6 Å². The third-order valence-corrected chi connectivity index (χ3v) is 3.98. The normalized spacial score (nSPS) is 23.3. The Morgan fingerprint density at radius 2 is 2.11 bits per heavy atom. The molecule has 1 aliphatic carbocycles. The highest BCUT2D eigenvalue weighted by Gasteiger charge is 2.20. The van der Waals surface area contributed by atoms with Gasteiger partial charge >= 0.3 is 0 Å². The van der Waals surface area contributed by atoms with Crippen LogP contribution in [0.1, 0.15) is 57.3 Å². The molecule has 3 N–H and O–H groups in total. The van der Waals surface area contributed by atoms with Crippen molar-refractivity contribution in [2.75, 3.05) is 11.1 Å². The summed E-state index contributed by atoms with van der Waals surface area (Å²) in [6.07, 6.45) is 7.05. The van der Waals surface area contributed by atoms with Gasteiger partial charge in [0.05, 0.1) is 0 Å². The van der Waals surface area contributed by atoms with E-state index in [0.717, 1.165) is 36.0 Å².